The highest BCUT2D eigenvalue weighted by atomic mass is 35.5. The molecule has 2 amide bonds. The molecule has 3 aromatic rings. The van der Waals surface area contributed by atoms with E-state index in [0.29, 0.717) is 40.7 Å². The van der Waals surface area contributed by atoms with E-state index in [2.05, 4.69) is 0 Å². The summed E-state index contributed by atoms with van der Waals surface area (Å²) in [5, 5.41) is 0.462. The second-order valence-electron chi connectivity index (χ2n) is 8.67. The summed E-state index contributed by atoms with van der Waals surface area (Å²) in [6, 6.07) is 20.0. The second kappa shape index (κ2) is 8.37. The van der Waals surface area contributed by atoms with Crippen molar-refractivity contribution >= 4 is 23.4 Å². The smallest absolute Gasteiger partial charge is 0.256 e. The van der Waals surface area contributed by atoms with E-state index in [0.717, 1.165) is 11.1 Å². The minimum atomic E-state index is -1.09. The molecular formula is C27H25ClN2O4. The second-order valence-corrected chi connectivity index (χ2v) is 9.08. The van der Waals surface area contributed by atoms with Crippen molar-refractivity contribution in [1.29, 1.82) is 0 Å². The topological polar surface area (TPSA) is 59.1 Å². The van der Waals surface area contributed by atoms with Crippen LogP contribution >= 0.6 is 11.6 Å². The van der Waals surface area contributed by atoms with Gasteiger partial charge in [0.15, 0.2) is 5.66 Å². The summed E-state index contributed by atoms with van der Waals surface area (Å²) >= 11 is 6.32. The van der Waals surface area contributed by atoms with E-state index >= 15 is 0 Å². The summed E-state index contributed by atoms with van der Waals surface area (Å²) in [5.74, 6) is 0.922. The predicted molar refractivity (Wildman–Crippen MR) is 130 cm³/mol. The number of rotatable bonds is 5. The van der Waals surface area contributed by atoms with Crippen molar-refractivity contribution in [2.75, 3.05) is 20.2 Å². The molecule has 6 nitrogen and oxygen atoms in total. The van der Waals surface area contributed by atoms with Gasteiger partial charge in [-0.25, -0.2) is 0 Å². The molecule has 174 valence electrons. The molecule has 0 aliphatic carbocycles. The van der Waals surface area contributed by atoms with Crippen LogP contribution < -0.4 is 9.47 Å². The van der Waals surface area contributed by atoms with E-state index in [1.165, 1.54) is 0 Å². The van der Waals surface area contributed by atoms with Gasteiger partial charge in [0, 0.05) is 35.3 Å². The molecule has 34 heavy (non-hydrogen) atoms. The Morgan fingerprint density at radius 3 is 2.47 bits per heavy atom. The lowest BCUT2D eigenvalue weighted by molar-refractivity contribution is 0.0374. The number of benzene rings is 3. The van der Waals surface area contributed by atoms with E-state index in [-0.39, 0.29) is 17.9 Å². The number of ether oxygens (including phenoxy) is 2. The number of halogens is 1. The lowest BCUT2D eigenvalue weighted by atomic mass is 9.89. The molecule has 0 spiro atoms. The first-order chi connectivity index (χ1) is 16.4. The molecule has 1 saturated heterocycles. The Bertz CT molecular complexity index is 1270. The molecule has 0 bridgehead atoms. The molecule has 2 aliphatic rings. The zero-order valence-corrected chi connectivity index (χ0v) is 20.0. The number of fused-ring (bicyclic) bond motifs is 3. The van der Waals surface area contributed by atoms with Crippen LogP contribution in [0.25, 0.3) is 0 Å². The van der Waals surface area contributed by atoms with E-state index < -0.39 is 5.66 Å². The van der Waals surface area contributed by atoms with Gasteiger partial charge < -0.3 is 19.3 Å². The highest BCUT2D eigenvalue weighted by Gasteiger charge is 2.59. The summed E-state index contributed by atoms with van der Waals surface area (Å²) in [7, 11) is 1.55. The summed E-state index contributed by atoms with van der Waals surface area (Å²) in [6.07, 6.45) is 0.0397. The van der Waals surface area contributed by atoms with Crippen LogP contribution in [0.5, 0.6) is 11.5 Å². The monoisotopic (exact) mass is 476 g/mol. The third-order valence-electron chi connectivity index (χ3n) is 6.38. The molecule has 2 aliphatic heterocycles. The van der Waals surface area contributed by atoms with Gasteiger partial charge in [-0.05, 0) is 56.3 Å². The van der Waals surface area contributed by atoms with Gasteiger partial charge in [-0.1, -0.05) is 35.9 Å². The molecule has 1 atom stereocenters. The molecule has 0 N–H and O–H groups in total. The number of hydrogen-bond acceptors (Lipinski definition) is 4. The molecule has 0 radical (unpaired) electrons. The fourth-order valence-corrected chi connectivity index (χ4v) is 5.22. The lowest BCUT2D eigenvalue weighted by Crippen LogP contribution is -2.51. The van der Waals surface area contributed by atoms with Gasteiger partial charge in [-0.2, -0.15) is 0 Å². The summed E-state index contributed by atoms with van der Waals surface area (Å²) in [5.41, 5.74) is 1.55. The van der Waals surface area contributed by atoms with Crippen molar-refractivity contribution < 1.29 is 19.1 Å². The fourth-order valence-electron chi connectivity index (χ4n) is 5.02. The molecule has 5 rings (SSSR count). The molecule has 3 aromatic carbocycles. The number of amides is 2. The Balaban J connectivity index is 1.66. The SMILES string of the molecule is COc1cc(C23c4ccccc4C(=O)N2CCN3C(=O)c2ccc(OC(C)C)cc2)ccc1Cl. The Morgan fingerprint density at radius 2 is 1.76 bits per heavy atom. The minimum Gasteiger partial charge on any atom is -0.495 e. The molecule has 1 unspecified atom stereocenters. The van der Waals surface area contributed by atoms with Crippen molar-refractivity contribution in [3.8, 4) is 11.5 Å². The Labute approximate surface area is 203 Å². The zero-order valence-electron chi connectivity index (χ0n) is 19.2. The van der Waals surface area contributed by atoms with Crippen molar-refractivity contribution in [3.63, 3.8) is 0 Å². The van der Waals surface area contributed by atoms with Gasteiger partial charge in [0.1, 0.15) is 11.5 Å². The van der Waals surface area contributed by atoms with Crippen molar-refractivity contribution in [2.24, 2.45) is 0 Å². The molecule has 1 fully saturated rings. The van der Waals surface area contributed by atoms with E-state index in [1.54, 1.807) is 47.2 Å². The number of methoxy groups -OCH3 is 1. The normalized spacial score (nSPS) is 18.8. The molecule has 2 heterocycles. The quantitative estimate of drug-likeness (QED) is 0.523. The molecule has 0 saturated carbocycles. The number of hydrogen-bond donors (Lipinski definition) is 0. The summed E-state index contributed by atoms with van der Waals surface area (Å²) in [6.45, 7) is 4.72. The Hall–Kier alpha value is -3.51. The van der Waals surface area contributed by atoms with E-state index in [1.807, 2.05) is 50.2 Å². The number of carbonyl (C=O) groups is 2. The van der Waals surface area contributed by atoms with Crippen molar-refractivity contribution in [2.45, 2.75) is 25.6 Å². The molecule has 7 heteroatoms. The van der Waals surface area contributed by atoms with Crippen LogP contribution in [-0.4, -0.2) is 47.9 Å². The standard InChI is InChI=1S/C27H25ClN2O4/c1-17(2)34-20-11-8-18(9-12-20)25(31)29-14-15-30-26(32)21-6-4-5-7-22(21)27(29,30)19-10-13-23(28)24(16-19)33-3/h4-13,16-17H,14-15H2,1-3H3. The molecule has 0 aromatic heterocycles. The summed E-state index contributed by atoms with van der Waals surface area (Å²) in [4.78, 5) is 30.9. The maximum absolute atomic E-state index is 13.9. The maximum atomic E-state index is 13.9. The Kier molecular flexibility index (Phi) is 5.48. The summed E-state index contributed by atoms with van der Waals surface area (Å²) < 4.78 is 11.2. The number of carbonyl (C=O) groups excluding carboxylic acids is 2. The van der Waals surface area contributed by atoms with Gasteiger partial charge in [-0.15, -0.1) is 0 Å². The maximum Gasteiger partial charge on any atom is 0.256 e. The largest absolute Gasteiger partial charge is 0.495 e. The predicted octanol–water partition coefficient (Wildman–Crippen LogP) is 4.95. The first kappa shape index (κ1) is 22.3. The average molecular weight is 477 g/mol. The average Bonchev–Trinajstić information content (AvgIpc) is 3.35. The van der Waals surface area contributed by atoms with Crippen LogP contribution in [0.2, 0.25) is 5.02 Å². The minimum absolute atomic E-state index is 0.0397. The Morgan fingerprint density at radius 1 is 1.03 bits per heavy atom. The van der Waals surface area contributed by atoms with Gasteiger partial charge in [0.25, 0.3) is 11.8 Å². The van der Waals surface area contributed by atoms with Gasteiger partial charge in [0.2, 0.25) is 0 Å². The van der Waals surface area contributed by atoms with Crippen LogP contribution in [0.1, 0.15) is 45.7 Å². The van der Waals surface area contributed by atoms with E-state index in [9.17, 15) is 9.59 Å². The van der Waals surface area contributed by atoms with Gasteiger partial charge in [-0.3, -0.25) is 9.59 Å². The van der Waals surface area contributed by atoms with Gasteiger partial charge >= 0.3 is 0 Å². The van der Waals surface area contributed by atoms with E-state index in [4.69, 9.17) is 21.1 Å². The fraction of sp³-hybridized carbons (Fsp3) is 0.259. The number of nitrogens with zero attached hydrogens (tertiary/aromatic N) is 2. The highest BCUT2D eigenvalue weighted by molar-refractivity contribution is 6.32. The highest BCUT2D eigenvalue weighted by Crippen LogP contribution is 2.51. The van der Waals surface area contributed by atoms with Crippen LogP contribution in [-0.2, 0) is 5.66 Å². The van der Waals surface area contributed by atoms with Gasteiger partial charge in [0.05, 0.1) is 18.2 Å². The van der Waals surface area contributed by atoms with Crippen molar-refractivity contribution in [3.05, 3.63) is 94.0 Å². The molecular weight excluding hydrogens is 452 g/mol. The van der Waals surface area contributed by atoms with Crippen LogP contribution in [0.4, 0.5) is 0 Å². The third-order valence-corrected chi connectivity index (χ3v) is 6.69. The first-order valence-electron chi connectivity index (χ1n) is 11.2. The first-order valence-corrected chi connectivity index (χ1v) is 11.6. The lowest BCUT2D eigenvalue weighted by Gasteiger charge is -2.40. The van der Waals surface area contributed by atoms with Crippen LogP contribution in [0.15, 0.2) is 66.7 Å². The zero-order chi connectivity index (χ0) is 24.0. The third kappa shape index (κ3) is 3.24. The van der Waals surface area contributed by atoms with Crippen LogP contribution in [0, 0.1) is 0 Å². The van der Waals surface area contributed by atoms with Crippen LogP contribution in [0.3, 0.4) is 0 Å². The van der Waals surface area contributed by atoms with Crippen molar-refractivity contribution in [1.82, 2.24) is 9.80 Å².